The molecule has 0 bridgehead atoms. The molecule has 0 fully saturated rings. The second-order valence-electron chi connectivity index (χ2n) is 6.15. The van der Waals surface area contributed by atoms with Crippen LogP contribution in [0.5, 0.6) is 0 Å². The van der Waals surface area contributed by atoms with Gasteiger partial charge in [0, 0.05) is 38.4 Å². The van der Waals surface area contributed by atoms with Gasteiger partial charge in [0.1, 0.15) is 0 Å². The molecule has 0 atom stereocenters. The van der Waals surface area contributed by atoms with Crippen molar-refractivity contribution >= 4 is 6.41 Å². The number of pyridine rings is 1. The van der Waals surface area contributed by atoms with Crippen molar-refractivity contribution in [2.45, 2.75) is 13.3 Å². The molecule has 5 nitrogen and oxygen atoms in total. The van der Waals surface area contributed by atoms with Crippen molar-refractivity contribution < 1.29 is 4.79 Å². The Bertz CT molecular complexity index is 709. The molecule has 1 aromatic heterocycles. The summed E-state index contributed by atoms with van der Waals surface area (Å²) in [5.41, 5.74) is 4.24. The lowest BCUT2D eigenvalue weighted by Crippen LogP contribution is -2.30. The summed E-state index contributed by atoms with van der Waals surface area (Å²) in [6.45, 7) is 4.30. The Labute approximate surface area is 142 Å². The van der Waals surface area contributed by atoms with Gasteiger partial charge in [-0.1, -0.05) is 24.3 Å². The topological polar surface area (TPSA) is 54.3 Å². The van der Waals surface area contributed by atoms with Gasteiger partial charge < -0.3 is 14.8 Å². The summed E-state index contributed by atoms with van der Waals surface area (Å²) in [6.07, 6.45) is 3.57. The number of aryl methyl sites for hydroxylation is 2. The lowest BCUT2D eigenvalue weighted by Gasteiger charge is -2.16. The number of rotatable bonds is 8. The molecule has 128 valence electrons. The first-order chi connectivity index (χ1) is 11.5. The number of benzene rings is 1. The fourth-order valence-corrected chi connectivity index (χ4v) is 2.65. The van der Waals surface area contributed by atoms with Crippen molar-refractivity contribution in [2.75, 3.05) is 26.7 Å². The highest BCUT2D eigenvalue weighted by molar-refractivity contribution is 5.63. The molecule has 1 N–H and O–H groups in total. The molecule has 0 aliphatic heterocycles. The van der Waals surface area contributed by atoms with Crippen molar-refractivity contribution in [3.63, 3.8) is 0 Å². The van der Waals surface area contributed by atoms with Gasteiger partial charge in [0.25, 0.3) is 5.56 Å². The third kappa shape index (κ3) is 4.80. The van der Waals surface area contributed by atoms with E-state index < -0.39 is 0 Å². The van der Waals surface area contributed by atoms with Gasteiger partial charge in [-0.3, -0.25) is 9.59 Å². The van der Waals surface area contributed by atoms with Crippen LogP contribution in [0.15, 0.2) is 41.3 Å². The number of likely N-dealkylation sites (N-methyl/N-ethyl adjacent to an activating group) is 1. The minimum Gasteiger partial charge on any atom is -0.357 e. The van der Waals surface area contributed by atoms with E-state index in [0.29, 0.717) is 6.54 Å². The van der Waals surface area contributed by atoms with Crippen LogP contribution in [-0.4, -0.2) is 42.6 Å². The Hall–Kier alpha value is -2.40. The molecule has 2 aromatic rings. The van der Waals surface area contributed by atoms with Crippen LogP contribution in [0.25, 0.3) is 11.1 Å². The monoisotopic (exact) mass is 327 g/mol. The molecule has 0 unspecified atom stereocenters. The summed E-state index contributed by atoms with van der Waals surface area (Å²) in [5.74, 6) is 0. The quantitative estimate of drug-likeness (QED) is 0.592. The van der Waals surface area contributed by atoms with E-state index in [1.54, 1.807) is 11.6 Å². The zero-order valence-corrected chi connectivity index (χ0v) is 14.6. The zero-order valence-electron chi connectivity index (χ0n) is 14.6. The van der Waals surface area contributed by atoms with E-state index in [-0.39, 0.29) is 5.56 Å². The molecule has 0 spiro atoms. The first-order valence-electron chi connectivity index (χ1n) is 8.13. The third-order valence-corrected chi connectivity index (χ3v) is 4.15. The minimum atomic E-state index is 0.0440. The van der Waals surface area contributed by atoms with Crippen LogP contribution in [-0.2, 0) is 18.3 Å². The predicted molar refractivity (Wildman–Crippen MR) is 97.1 cm³/mol. The smallest absolute Gasteiger partial charge is 0.253 e. The van der Waals surface area contributed by atoms with Crippen LogP contribution in [0.3, 0.4) is 0 Å². The van der Waals surface area contributed by atoms with Crippen LogP contribution in [0, 0.1) is 6.92 Å². The van der Waals surface area contributed by atoms with Crippen LogP contribution < -0.4 is 10.9 Å². The largest absolute Gasteiger partial charge is 0.357 e. The number of hydrogen-bond acceptors (Lipinski definition) is 3. The van der Waals surface area contributed by atoms with Gasteiger partial charge in [-0.15, -0.1) is 0 Å². The molecule has 24 heavy (non-hydrogen) atoms. The van der Waals surface area contributed by atoms with Crippen molar-refractivity contribution in [3.8, 4) is 11.1 Å². The molecule has 5 heteroatoms. The third-order valence-electron chi connectivity index (χ3n) is 4.15. The van der Waals surface area contributed by atoms with E-state index >= 15 is 0 Å². The van der Waals surface area contributed by atoms with Gasteiger partial charge in [0.15, 0.2) is 0 Å². The molecule has 0 aliphatic rings. The average Bonchev–Trinajstić information content (AvgIpc) is 2.58. The number of nitrogens with one attached hydrogen (secondary N) is 1. The molecule has 0 saturated heterocycles. The number of carbonyl (C=O) groups is 1. The van der Waals surface area contributed by atoms with E-state index in [1.165, 1.54) is 5.56 Å². The van der Waals surface area contributed by atoms with Gasteiger partial charge in [0.2, 0.25) is 6.41 Å². The van der Waals surface area contributed by atoms with Crippen LogP contribution in [0.2, 0.25) is 0 Å². The van der Waals surface area contributed by atoms with Crippen molar-refractivity contribution in [1.82, 2.24) is 14.8 Å². The predicted octanol–water partition coefficient (Wildman–Crippen LogP) is 1.58. The maximum atomic E-state index is 11.8. The highest BCUT2D eigenvalue weighted by Crippen LogP contribution is 2.19. The first kappa shape index (κ1) is 17.9. The van der Waals surface area contributed by atoms with Crippen molar-refractivity contribution in [1.29, 1.82) is 0 Å². The molecule has 1 aromatic carbocycles. The number of nitrogens with zero attached hydrogens (tertiary/aromatic N) is 2. The Kier molecular flexibility index (Phi) is 6.32. The normalized spacial score (nSPS) is 10.8. The number of carbonyl (C=O) groups excluding carboxylic acids is 1. The maximum Gasteiger partial charge on any atom is 0.253 e. The van der Waals surface area contributed by atoms with E-state index in [0.717, 1.165) is 42.6 Å². The Morgan fingerprint density at radius 3 is 2.50 bits per heavy atom. The van der Waals surface area contributed by atoms with Crippen LogP contribution >= 0.6 is 0 Å². The standard InChI is InChI=1S/C19H25N3O2/c1-15-12-18(13-22(3)19(15)24)17-6-4-16(5-7-17)8-10-21(2)11-9-20-14-23/h4-7,12-14H,8-11H2,1-3H3,(H,20,23). The van der Waals surface area contributed by atoms with Gasteiger partial charge >= 0.3 is 0 Å². The second kappa shape index (κ2) is 8.45. The Morgan fingerprint density at radius 2 is 1.88 bits per heavy atom. The van der Waals surface area contributed by atoms with Gasteiger partial charge in [-0.05, 0) is 43.1 Å². The average molecular weight is 327 g/mol. The lowest BCUT2D eigenvalue weighted by atomic mass is 10.0. The SMILES string of the molecule is Cc1cc(-c2ccc(CCN(C)CCNC=O)cc2)cn(C)c1=O. The molecule has 2 rings (SSSR count). The molecule has 0 saturated carbocycles. The summed E-state index contributed by atoms with van der Waals surface area (Å²) in [4.78, 5) is 24.2. The Balaban J connectivity index is 1.98. The molecule has 0 radical (unpaired) electrons. The fourth-order valence-electron chi connectivity index (χ4n) is 2.65. The number of aromatic nitrogens is 1. The molecular formula is C19H25N3O2. The zero-order chi connectivity index (χ0) is 17.5. The van der Waals surface area contributed by atoms with E-state index in [9.17, 15) is 9.59 Å². The summed E-state index contributed by atoms with van der Waals surface area (Å²) in [6, 6.07) is 10.4. The van der Waals surface area contributed by atoms with E-state index in [4.69, 9.17) is 0 Å². The maximum absolute atomic E-state index is 11.8. The first-order valence-corrected chi connectivity index (χ1v) is 8.13. The van der Waals surface area contributed by atoms with Crippen LogP contribution in [0.4, 0.5) is 0 Å². The number of hydrogen-bond donors (Lipinski definition) is 1. The molecule has 1 heterocycles. The molecular weight excluding hydrogens is 302 g/mol. The second-order valence-corrected chi connectivity index (χ2v) is 6.15. The highest BCUT2D eigenvalue weighted by atomic mass is 16.1. The summed E-state index contributed by atoms with van der Waals surface area (Å²) < 4.78 is 1.63. The lowest BCUT2D eigenvalue weighted by molar-refractivity contribution is -0.109. The van der Waals surface area contributed by atoms with Crippen molar-refractivity contribution in [3.05, 3.63) is 58.0 Å². The summed E-state index contributed by atoms with van der Waals surface area (Å²) >= 11 is 0. The fraction of sp³-hybridized carbons (Fsp3) is 0.368. The minimum absolute atomic E-state index is 0.0440. The summed E-state index contributed by atoms with van der Waals surface area (Å²) in [7, 11) is 3.83. The van der Waals surface area contributed by atoms with E-state index in [1.807, 2.05) is 26.2 Å². The van der Waals surface area contributed by atoms with Gasteiger partial charge in [-0.25, -0.2) is 0 Å². The van der Waals surface area contributed by atoms with Gasteiger partial charge in [0.05, 0.1) is 0 Å². The van der Waals surface area contributed by atoms with Gasteiger partial charge in [-0.2, -0.15) is 0 Å². The van der Waals surface area contributed by atoms with E-state index in [2.05, 4.69) is 34.5 Å². The highest BCUT2D eigenvalue weighted by Gasteiger charge is 2.04. The molecule has 0 aliphatic carbocycles. The molecule has 1 amide bonds. The van der Waals surface area contributed by atoms with Crippen LogP contribution in [0.1, 0.15) is 11.1 Å². The Morgan fingerprint density at radius 1 is 1.17 bits per heavy atom. The van der Waals surface area contributed by atoms with Crippen molar-refractivity contribution in [2.24, 2.45) is 7.05 Å². The number of amides is 1. The summed E-state index contributed by atoms with van der Waals surface area (Å²) in [5, 5.41) is 2.67.